The Morgan fingerprint density at radius 1 is 1.53 bits per heavy atom. The molecular weight excluding hydrogens is 216 g/mol. The highest BCUT2D eigenvalue weighted by molar-refractivity contribution is 5.85. The highest BCUT2D eigenvalue weighted by atomic mass is 35.5. The Morgan fingerprint density at radius 2 is 2.07 bits per heavy atom. The minimum atomic E-state index is -0.288. The average molecular weight is 237 g/mol. The molecule has 1 saturated heterocycles. The van der Waals surface area contributed by atoms with Crippen molar-refractivity contribution in [1.29, 1.82) is 0 Å². The predicted octanol–water partition coefficient (Wildman–Crippen LogP) is 1.28. The second-order valence-corrected chi connectivity index (χ2v) is 4.36. The highest BCUT2D eigenvalue weighted by Crippen LogP contribution is 2.16. The molecule has 90 valence electrons. The van der Waals surface area contributed by atoms with E-state index in [0.29, 0.717) is 0 Å². The summed E-state index contributed by atoms with van der Waals surface area (Å²) in [5.74, 6) is 0.394. The molecule has 1 rings (SSSR count). The number of nitrogens with zero attached hydrogens (tertiary/aromatic N) is 1. The van der Waals surface area contributed by atoms with Crippen LogP contribution in [0, 0.1) is 11.8 Å². The minimum absolute atomic E-state index is 0. The van der Waals surface area contributed by atoms with Crippen LogP contribution in [0.5, 0.6) is 0 Å². The van der Waals surface area contributed by atoms with Crippen molar-refractivity contribution >= 4 is 18.3 Å². The fourth-order valence-corrected chi connectivity index (χ4v) is 1.83. The van der Waals surface area contributed by atoms with Crippen molar-refractivity contribution in [2.45, 2.75) is 26.7 Å². The molecule has 1 unspecified atom stereocenters. The van der Waals surface area contributed by atoms with Crippen LogP contribution in [0.25, 0.3) is 0 Å². The lowest BCUT2D eigenvalue weighted by Crippen LogP contribution is -2.40. The van der Waals surface area contributed by atoms with Crippen molar-refractivity contribution in [3.05, 3.63) is 0 Å². The van der Waals surface area contributed by atoms with Gasteiger partial charge in [-0.25, -0.2) is 5.48 Å². The Morgan fingerprint density at radius 3 is 2.53 bits per heavy atom. The predicted molar refractivity (Wildman–Crippen MR) is 61.2 cm³/mol. The number of carbonyl (C=O) groups excluding carboxylic acids is 1. The van der Waals surface area contributed by atoms with Crippen molar-refractivity contribution in [2.75, 3.05) is 19.6 Å². The number of likely N-dealkylation sites (tertiary alicyclic amines) is 1. The zero-order chi connectivity index (χ0) is 10.6. The smallest absolute Gasteiger partial charge is 0.247 e. The van der Waals surface area contributed by atoms with Crippen molar-refractivity contribution in [2.24, 2.45) is 11.8 Å². The Hall–Kier alpha value is -0.320. The molecule has 4 nitrogen and oxygen atoms in total. The van der Waals surface area contributed by atoms with Crippen LogP contribution in [-0.2, 0) is 4.79 Å². The molecule has 1 aliphatic heterocycles. The molecule has 0 aromatic rings. The summed E-state index contributed by atoms with van der Waals surface area (Å²) in [6.07, 6.45) is 2.43. The second-order valence-electron chi connectivity index (χ2n) is 4.36. The Bertz CT molecular complexity index is 194. The van der Waals surface area contributed by atoms with Crippen LogP contribution in [-0.4, -0.2) is 35.6 Å². The summed E-state index contributed by atoms with van der Waals surface area (Å²) < 4.78 is 0. The van der Waals surface area contributed by atoms with Gasteiger partial charge in [-0.3, -0.25) is 10.0 Å². The van der Waals surface area contributed by atoms with E-state index in [-0.39, 0.29) is 24.2 Å². The highest BCUT2D eigenvalue weighted by Gasteiger charge is 2.20. The van der Waals surface area contributed by atoms with Crippen molar-refractivity contribution in [1.82, 2.24) is 10.4 Å². The maximum absolute atomic E-state index is 11.1. The van der Waals surface area contributed by atoms with Crippen molar-refractivity contribution in [3.63, 3.8) is 0 Å². The number of hydrogen-bond donors (Lipinski definition) is 2. The SMILES string of the molecule is CC1CCN(CC(C)C(=O)NO)CC1.Cl. The molecule has 0 radical (unpaired) electrons. The van der Waals surface area contributed by atoms with Gasteiger partial charge in [-0.1, -0.05) is 13.8 Å². The van der Waals surface area contributed by atoms with Gasteiger partial charge in [-0.05, 0) is 31.8 Å². The zero-order valence-corrected chi connectivity index (χ0v) is 10.2. The number of nitrogens with one attached hydrogen (secondary N) is 1. The first-order valence-electron chi connectivity index (χ1n) is 5.29. The minimum Gasteiger partial charge on any atom is -0.303 e. The van der Waals surface area contributed by atoms with Crippen molar-refractivity contribution < 1.29 is 10.0 Å². The Labute approximate surface area is 97.4 Å². The largest absolute Gasteiger partial charge is 0.303 e. The maximum Gasteiger partial charge on any atom is 0.247 e. The summed E-state index contributed by atoms with van der Waals surface area (Å²) in [7, 11) is 0. The zero-order valence-electron chi connectivity index (χ0n) is 9.40. The summed E-state index contributed by atoms with van der Waals surface area (Å²) in [5, 5.41) is 8.46. The molecule has 0 aromatic carbocycles. The number of hydroxylamine groups is 1. The second kappa shape index (κ2) is 7.04. The van der Waals surface area contributed by atoms with E-state index in [0.717, 1.165) is 25.6 Å². The van der Waals surface area contributed by atoms with Gasteiger partial charge in [0.15, 0.2) is 0 Å². The van der Waals surface area contributed by atoms with E-state index < -0.39 is 0 Å². The average Bonchev–Trinajstić information content (AvgIpc) is 2.20. The first kappa shape index (κ1) is 14.7. The van der Waals surface area contributed by atoms with Gasteiger partial charge in [-0.2, -0.15) is 0 Å². The van der Waals surface area contributed by atoms with Crippen LogP contribution < -0.4 is 5.48 Å². The molecule has 0 bridgehead atoms. The van der Waals surface area contributed by atoms with E-state index in [1.807, 2.05) is 6.92 Å². The number of piperidine rings is 1. The van der Waals surface area contributed by atoms with Gasteiger partial charge in [0.2, 0.25) is 5.91 Å². The third-order valence-electron chi connectivity index (χ3n) is 2.97. The maximum atomic E-state index is 11.1. The molecule has 0 saturated carbocycles. The lowest BCUT2D eigenvalue weighted by molar-refractivity contribution is -0.133. The quantitative estimate of drug-likeness (QED) is 0.574. The molecule has 1 heterocycles. The topological polar surface area (TPSA) is 52.6 Å². The number of amides is 1. The van der Waals surface area contributed by atoms with Crippen LogP contribution in [0.4, 0.5) is 0 Å². The fourth-order valence-electron chi connectivity index (χ4n) is 1.83. The number of carbonyl (C=O) groups is 1. The van der Waals surface area contributed by atoms with Gasteiger partial charge >= 0.3 is 0 Å². The van der Waals surface area contributed by atoms with Gasteiger partial charge in [0, 0.05) is 12.5 Å². The lowest BCUT2D eigenvalue weighted by atomic mass is 9.98. The molecule has 2 N–H and O–H groups in total. The summed E-state index contributed by atoms with van der Waals surface area (Å²) in [6, 6.07) is 0. The number of rotatable bonds is 3. The summed E-state index contributed by atoms with van der Waals surface area (Å²) in [6.45, 7) is 7.00. The van der Waals surface area contributed by atoms with E-state index in [4.69, 9.17) is 5.21 Å². The third-order valence-corrected chi connectivity index (χ3v) is 2.97. The van der Waals surface area contributed by atoms with E-state index >= 15 is 0 Å². The van der Waals surface area contributed by atoms with Crippen molar-refractivity contribution in [3.8, 4) is 0 Å². The number of hydrogen-bond acceptors (Lipinski definition) is 3. The molecule has 0 aromatic heterocycles. The molecule has 1 amide bonds. The standard InChI is InChI=1S/C10H20N2O2.ClH/c1-8-3-5-12(6-4-8)7-9(2)10(13)11-14;/h8-9,14H,3-7H2,1-2H3,(H,11,13);1H. The normalized spacial score (nSPS) is 20.5. The Balaban J connectivity index is 0.00000196. The third kappa shape index (κ3) is 4.82. The van der Waals surface area contributed by atoms with Crippen LogP contribution in [0.2, 0.25) is 0 Å². The van der Waals surface area contributed by atoms with E-state index in [2.05, 4.69) is 11.8 Å². The van der Waals surface area contributed by atoms with E-state index in [1.54, 1.807) is 5.48 Å². The summed E-state index contributed by atoms with van der Waals surface area (Å²) >= 11 is 0. The molecule has 1 atom stereocenters. The van der Waals surface area contributed by atoms with Crippen LogP contribution in [0.1, 0.15) is 26.7 Å². The lowest BCUT2D eigenvalue weighted by Gasteiger charge is -2.31. The molecule has 0 aliphatic carbocycles. The van der Waals surface area contributed by atoms with E-state index in [1.165, 1.54) is 12.8 Å². The van der Waals surface area contributed by atoms with E-state index in [9.17, 15) is 4.79 Å². The molecule has 0 spiro atoms. The Kier molecular flexibility index (Phi) is 6.89. The van der Waals surface area contributed by atoms with Gasteiger partial charge in [0.25, 0.3) is 0 Å². The van der Waals surface area contributed by atoms with Crippen LogP contribution >= 0.6 is 12.4 Å². The molecule has 1 fully saturated rings. The molecule has 5 heteroatoms. The summed E-state index contributed by atoms with van der Waals surface area (Å²) in [5.41, 5.74) is 1.70. The van der Waals surface area contributed by atoms with Crippen LogP contribution in [0.3, 0.4) is 0 Å². The molecule has 15 heavy (non-hydrogen) atoms. The first-order valence-corrected chi connectivity index (χ1v) is 5.29. The van der Waals surface area contributed by atoms with Gasteiger partial charge in [0.05, 0.1) is 0 Å². The monoisotopic (exact) mass is 236 g/mol. The fraction of sp³-hybridized carbons (Fsp3) is 0.900. The molecular formula is C10H21ClN2O2. The summed E-state index contributed by atoms with van der Waals surface area (Å²) in [4.78, 5) is 13.4. The first-order chi connectivity index (χ1) is 6.63. The van der Waals surface area contributed by atoms with Gasteiger partial charge in [0.1, 0.15) is 0 Å². The number of halogens is 1. The molecule has 1 aliphatic rings. The van der Waals surface area contributed by atoms with Gasteiger partial charge in [-0.15, -0.1) is 12.4 Å². The van der Waals surface area contributed by atoms with Gasteiger partial charge < -0.3 is 4.90 Å². The van der Waals surface area contributed by atoms with Crippen LogP contribution in [0.15, 0.2) is 0 Å².